The maximum Gasteiger partial charge on any atom is 0.312 e. The highest BCUT2D eigenvalue weighted by Gasteiger charge is 2.16. The number of nitro benzene ring substituents is 1. The van der Waals surface area contributed by atoms with Gasteiger partial charge in [-0.2, -0.15) is 5.10 Å². The number of fused-ring (bicyclic) bond motifs is 1. The van der Waals surface area contributed by atoms with Crippen LogP contribution in [0.25, 0.3) is 10.9 Å². The summed E-state index contributed by atoms with van der Waals surface area (Å²) in [6.07, 6.45) is 3.43. The van der Waals surface area contributed by atoms with Crippen molar-refractivity contribution in [3.8, 4) is 5.75 Å². The number of hydrogen-bond donors (Lipinski definition) is 1. The van der Waals surface area contributed by atoms with Gasteiger partial charge in [0.2, 0.25) is 0 Å². The Morgan fingerprint density at radius 1 is 1.37 bits per heavy atom. The molecule has 0 bridgehead atoms. The number of benzene rings is 2. The van der Waals surface area contributed by atoms with Crippen LogP contribution in [0.1, 0.15) is 5.56 Å². The minimum atomic E-state index is -0.627. The molecule has 0 aliphatic carbocycles. The zero-order valence-electron chi connectivity index (χ0n) is 14.3. The molecule has 0 saturated carbocycles. The topological polar surface area (TPSA) is 98.8 Å². The maximum atomic E-state index is 11.9. The smallest absolute Gasteiger partial charge is 0.312 e. The number of carbonyl (C=O) groups is 1. The second-order valence-corrected chi connectivity index (χ2v) is 6.10. The fourth-order valence-electron chi connectivity index (χ4n) is 2.58. The molecule has 138 valence electrons. The number of carbonyl (C=O) groups excluding carboxylic acids is 1. The highest BCUT2D eigenvalue weighted by Crippen LogP contribution is 2.29. The van der Waals surface area contributed by atoms with Gasteiger partial charge in [0, 0.05) is 40.8 Å². The first-order valence-corrected chi connectivity index (χ1v) is 8.26. The predicted octanol–water partition coefficient (Wildman–Crippen LogP) is 3.27. The summed E-state index contributed by atoms with van der Waals surface area (Å²) in [5, 5.41) is 16.1. The van der Waals surface area contributed by atoms with Gasteiger partial charge in [0.05, 0.1) is 11.1 Å². The number of aryl methyl sites for hydroxylation is 1. The van der Waals surface area contributed by atoms with Crippen LogP contribution in [0.15, 0.2) is 53.8 Å². The van der Waals surface area contributed by atoms with E-state index in [0.29, 0.717) is 0 Å². The molecule has 1 aromatic heterocycles. The van der Waals surface area contributed by atoms with Crippen molar-refractivity contribution in [1.29, 1.82) is 0 Å². The van der Waals surface area contributed by atoms with E-state index in [-0.39, 0.29) is 16.5 Å². The van der Waals surface area contributed by atoms with Gasteiger partial charge < -0.3 is 9.30 Å². The Morgan fingerprint density at radius 3 is 2.93 bits per heavy atom. The van der Waals surface area contributed by atoms with Crippen molar-refractivity contribution < 1.29 is 14.5 Å². The van der Waals surface area contributed by atoms with Gasteiger partial charge in [0.25, 0.3) is 5.91 Å². The Kier molecular flexibility index (Phi) is 5.37. The average Bonchev–Trinajstić information content (AvgIpc) is 2.97. The van der Waals surface area contributed by atoms with E-state index in [1.165, 1.54) is 18.3 Å². The summed E-state index contributed by atoms with van der Waals surface area (Å²) < 4.78 is 7.16. The highest BCUT2D eigenvalue weighted by atomic mass is 35.5. The van der Waals surface area contributed by atoms with Crippen LogP contribution < -0.4 is 10.2 Å². The number of hydrazone groups is 1. The third kappa shape index (κ3) is 4.24. The van der Waals surface area contributed by atoms with Crippen LogP contribution >= 0.6 is 11.6 Å². The third-order valence-electron chi connectivity index (χ3n) is 3.80. The van der Waals surface area contributed by atoms with Crippen LogP contribution in [0.2, 0.25) is 5.02 Å². The van der Waals surface area contributed by atoms with E-state index in [2.05, 4.69) is 10.5 Å². The van der Waals surface area contributed by atoms with E-state index in [0.717, 1.165) is 22.5 Å². The predicted molar refractivity (Wildman–Crippen MR) is 102 cm³/mol. The number of hydrogen-bond acceptors (Lipinski definition) is 5. The number of nitro groups is 1. The number of ether oxygens (including phenoxy) is 1. The summed E-state index contributed by atoms with van der Waals surface area (Å²) in [6.45, 7) is -0.421. The van der Waals surface area contributed by atoms with Gasteiger partial charge in [-0.25, -0.2) is 5.43 Å². The van der Waals surface area contributed by atoms with Crippen LogP contribution in [-0.2, 0) is 11.8 Å². The van der Waals surface area contributed by atoms with Crippen molar-refractivity contribution in [3.05, 3.63) is 69.4 Å². The number of amides is 1. The van der Waals surface area contributed by atoms with E-state index < -0.39 is 17.4 Å². The highest BCUT2D eigenvalue weighted by molar-refractivity contribution is 6.30. The Morgan fingerprint density at radius 2 is 2.15 bits per heavy atom. The van der Waals surface area contributed by atoms with Crippen LogP contribution in [-0.4, -0.2) is 28.2 Å². The first kappa shape index (κ1) is 18.4. The normalized spacial score (nSPS) is 11.0. The van der Waals surface area contributed by atoms with Gasteiger partial charge in [-0.15, -0.1) is 0 Å². The Hall–Kier alpha value is -3.39. The number of halogens is 1. The number of nitrogens with one attached hydrogen (secondary N) is 1. The molecule has 0 aliphatic heterocycles. The van der Waals surface area contributed by atoms with Crippen molar-refractivity contribution in [3.63, 3.8) is 0 Å². The molecule has 3 rings (SSSR count). The van der Waals surface area contributed by atoms with Crippen molar-refractivity contribution >= 4 is 40.3 Å². The minimum Gasteiger partial charge on any atom is -0.477 e. The number of nitrogens with zero attached hydrogens (tertiary/aromatic N) is 3. The summed E-state index contributed by atoms with van der Waals surface area (Å²) in [6, 6.07) is 11.8. The molecule has 1 N–H and O–H groups in total. The van der Waals surface area contributed by atoms with Crippen molar-refractivity contribution in [2.75, 3.05) is 6.61 Å². The van der Waals surface area contributed by atoms with Gasteiger partial charge >= 0.3 is 5.69 Å². The summed E-state index contributed by atoms with van der Waals surface area (Å²) in [5.41, 5.74) is 3.92. The monoisotopic (exact) mass is 386 g/mol. The molecule has 8 nitrogen and oxygen atoms in total. The average molecular weight is 387 g/mol. The fraction of sp³-hybridized carbons (Fsp3) is 0.111. The van der Waals surface area contributed by atoms with Crippen molar-refractivity contribution in [2.45, 2.75) is 0 Å². The van der Waals surface area contributed by atoms with E-state index in [4.69, 9.17) is 16.3 Å². The molecule has 2 aromatic carbocycles. The summed E-state index contributed by atoms with van der Waals surface area (Å²) >= 11 is 5.73. The fourth-order valence-corrected chi connectivity index (χ4v) is 2.75. The molecular weight excluding hydrogens is 372 g/mol. The van der Waals surface area contributed by atoms with Crippen LogP contribution in [0.3, 0.4) is 0 Å². The standard InChI is InChI=1S/C18H15ClN4O4/c1-22-10-12(14-4-2-3-5-15(14)22)9-20-21-18(24)11-27-17-7-6-13(19)8-16(17)23(25)26/h2-10H,11H2,1H3,(H,21,24)/b20-9-. The third-order valence-corrected chi connectivity index (χ3v) is 4.03. The van der Waals surface area contributed by atoms with E-state index in [9.17, 15) is 14.9 Å². The first-order chi connectivity index (χ1) is 13.0. The molecule has 1 heterocycles. The molecule has 0 fully saturated rings. The van der Waals surface area contributed by atoms with E-state index in [1.54, 1.807) is 0 Å². The lowest BCUT2D eigenvalue weighted by molar-refractivity contribution is -0.385. The van der Waals surface area contributed by atoms with E-state index >= 15 is 0 Å². The molecule has 0 saturated heterocycles. The quantitative estimate of drug-likeness (QED) is 0.399. The van der Waals surface area contributed by atoms with Gasteiger partial charge in [-0.05, 0) is 18.2 Å². The van der Waals surface area contributed by atoms with E-state index in [1.807, 2.05) is 42.1 Å². The Balaban J connectivity index is 1.62. The Bertz CT molecular complexity index is 1050. The number of rotatable bonds is 6. The molecule has 3 aromatic rings. The van der Waals surface area contributed by atoms with Crippen LogP contribution in [0.4, 0.5) is 5.69 Å². The zero-order chi connectivity index (χ0) is 19.4. The van der Waals surface area contributed by atoms with Gasteiger partial charge in [0.15, 0.2) is 12.4 Å². The second-order valence-electron chi connectivity index (χ2n) is 5.66. The lowest BCUT2D eigenvalue weighted by Gasteiger charge is -2.05. The molecule has 0 aliphatic rings. The molecule has 9 heteroatoms. The van der Waals surface area contributed by atoms with Gasteiger partial charge in [-0.1, -0.05) is 29.8 Å². The number of aromatic nitrogens is 1. The molecular formula is C18H15ClN4O4. The Labute approximate surface area is 159 Å². The molecule has 1 amide bonds. The van der Waals surface area contributed by atoms with Gasteiger partial charge in [-0.3, -0.25) is 14.9 Å². The van der Waals surface area contributed by atoms with Gasteiger partial charge in [0.1, 0.15) is 0 Å². The zero-order valence-corrected chi connectivity index (χ0v) is 15.0. The van der Waals surface area contributed by atoms with Crippen molar-refractivity contribution in [2.24, 2.45) is 12.1 Å². The lowest BCUT2D eigenvalue weighted by Crippen LogP contribution is -2.24. The molecule has 0 radical (unpaired) electrons. The van der Waals surface area contributed by atoms with Crippen LogP contribution in [0.5, 0.6) is 5.75 Å². The second kappa shape index (κ2) is 7.88. The summed E-state index contributed by atoms with van der Waals surface area (Å²) in [7, 11) is 1.92. The van der Waals surface area contributed by atoms with Crippen LogP contribution in [0, 0.1) is 10.1 Å². The lowest BCUT2D eigenvalue weighted by atomic mass is 10.2. The number of para-hydroxylation sites is 1. The molecule has 0 atom stereocenters. The molecule has 0 unspecified atom stereocenters. The summed E-state index contributed by atoms with van der Waals surface area (Å²) in [4.78, 5) is 22.2. The molecule has 0 spiro atoms. The SMILES string of the molecule is Cn1cc(/C=N\NC(=O)COc2ccc(Cl)cc2[N+](=O)[O-])c2ccccc21. The largest absolute Gasteiger partial charge is 0.477 e. The summed E-state index contributed by atoms with van der Waals surface area (Å²) in [5.74, 6) is -0.590. The minimum absolute atomic E-state index is 0.0439. The first-order valence-electron chi connectivity index (χ1n) is 7.88. The maximum absolute atomic E-state index is 11.9. The molecule has 27 heavy (non-hydrogen) atoms. The van der Waals surface area contributed by atoms with Crippen molar-refractivity contribution in [1.82, 2.24) is 9.99 Å².